The van der Waals surface area contributed by atoms with Crippen LogP contribution >= 0.6 is 0 Å². The summed E-state index contributed by atoms with van der Waals surface area (Å²) in [6.07, 6.45) is 9.29. The number of nitrogens with one attached hydrogen (secondary N) is 1. The number of anilines is 1. The zero-order chi connectivity index (χ0) is 13.9. The first-order valence-electron chi connectivity index (χ1n) is 7.21. The van der Waals surface area contributed by atoms with Gasteiger partial charge in [-0.3, -0.25) is 4.57 Å². The molecule has 0 aromatic carbocycles. The van der Waals surface area contributed by atoms with E-state index in [1.807, 2.05) is 30.0 Å². The van der Waals surface area contributed by atoms with Gasteiger partial charge in [0.1, 0.15) is 11.6 Å². The number of rotatable bonds is 4. The molecule has 0 amide bonds. The molecular weight excluding hydrogens is 250 g/mol. The largest absolute Gasteiger partial charge is 0.381 e. The minimum Gasteiger partial charge on any atom is -0.381 e. The molecule has 2 unspecified atom stereocenters. The molecule has 5 nitrogen and oxygen atoms in total. The zero-order valence-corrected chi connectivity index (χ0v) is 11.8. The van der Waals surface area contributed by atoms with Crippen molar-refractivity contribution in [3.05, 3.63) is 36.5 Å². The lowest BCUT2D eigenvalue weighted by Gasteiger charge is -2.20. The van der Waals surface area contributed by atoms with Gasteiger partial charge in [-0.25, -0.2) is 9.97 Å². The first-order chi connectivity index (χ1) is 9.78. The highest BCUT2D eigenvalue weighted by molar-refractivity contribution is 5.45. The van der Waals surface area contributed by atoms with Gasteiger partial charge in [-0.05, 0) is 44.4 Å². The van der Waals surface area contributed by atoms with Crippen LogP contribution in [0.2, 0.25) is 0 Å². The first-order valence-corrected chi connectivity index (χ1v) is 7.21. The van der Waals surface area contributed by atoms with Gasteiger partial charge in [0.25, 0.3) is 0 Å². The molecule has 20 heavy (non-hydrogen) atoms. The van der Waals surface area contributed by atoms with Crippen molar-refractivity contribution in [3.8, 4) is 5.82 Å². The fraction of sp³-hybridized carbons (Fsp3) is 0.467. The molecule has 0 saturated heterocycles. The Bertz CT molecular complexity index is 560. The van der Waals surface area contributed by atoms with Crippen molar-refractivity contribution < 1.29 is 0 Å². The molecule has 1 aliphatic rings. The van der Waals surface area contributed by atoms with E-state index in [1.54, 1.807) is 6.20 Å². The number of aryl methyl sites for hydroxylation is 1. The van der Waals surface area contributed by atoms with Gasteiger partial charge in [0, 0.05) is 18.4 Å². The summed E-state index contributed by atoms with van der Waals surface area (Å²) in [5, 5.41) is 3.56. The Morgan fingerprint density at radius 2 is 2.25 bits per heavy atom. The number of nitrogens with two attached hydrogens (primary N) is 1. The lowest BCUT2D eigenvalue weighted by Crippen LogP contribution is -2.29. The Morgan fingerprint density at radius 1 is 1.35 bits per heavy atom. The summed E-state index contributed by atoms with van der Waals surface area (Å²) < 4.78 is 1.97. The zero-order valence-electron chi connectivity index (χ0n) is 11.8. The van der Waals surface area contributed by atoms with E-state index in [1.165, 1.54) is 19.3 Å². The van der Waals surface area contributed by atoms with Crippen LogP contribution in [-0.2, 0) is 0 Å². The van der Waals surface area contributed by atoms with Gasteiger partial charge in [-0.1, -0.05) is 6.42 Å². The Hall–Kier alpha value is -1.88. The van der Waals surface area contributed by atoms with Crippen molar-refractivity contribution in [3.63, 3.8) is 0 Å². The summed E-state index contributed by atoms with van der Waals surface area (Å²) in [4.78, 5) is 8.72. The maximum atomic E-state index is 5.82. The summed E-state index contributed by atoms with van der Waals surface area (Å²) in [6.45, 7) is 2.73. The second-order valence-corrected chi connectivity index (χ2v) is 5.43. The monoisotopic (exact) mass is 271 g/mol. The van der Waals surface area contributed by atoms with Crippen molar-refractivity contribution >= 4 is 5.69 Å². The van der Waals surface area contributed by atoms with Gasteiger partial charge >= 0.3 is 0 Å². The fourth-order valence-electron chi connectivity index (χ4n) is 2.96. The van der Waals surface area contributed by atoms with E-state index < -0.39 is 0 Å². The molecule has 1 aliphatic carbocycles. The number of hydrogen-bond donors (Lipinski definition) is 2. The van der Waals surface area contributed by atoms with E-state index in [0.717, 1.165) is 23.9 Å². The Kier molecular flexibility index (Phi) is 3.69. The van der Waals surface area contributed by atoms with E-state index in [0.29, 0.717) is 12.0 Å². The summed E-state index contributed by atoms with van der Waals surface area (Å²) in [7, 11) is 0. The van der Waals surface area contributed by atoms with Crippen LogP contribution < -0.4 is 11.1 Å². The van der Waals surface area contributed by atoms with Crippen LogP contribution in [0.3, 0.4) is 0 Å². The van der Waals surface area contributed by atoms with Crippen LogP contribution in [0, 0.1) is 12.8 Å². The first kappa shape index (κ1) is 13.1. The average Bonchev–Trinajstić information content (AvgIpc) is 3.08. The van der Waals surface area contributed by atoms with Crippen LogP contribution in [0.4, 0.5) is 5.69 Å². The second-order valence-electron chi connectivity index (χ2n) is 5.43. The molecule has 0 aliphatic heterocycles. The highest BCUT2D eigenvalue weighted by Gasteiger charge is 2.25. The third-order valence-electron chi connectivity index (χ3n) is 4.13. The molecule has 2 aromatic heterocycles. The molecule has 0 bridgehead atoms. The maximum Gasteiger partial charge on any atom is 0.138 e. The third kappa shape index (κ3) is 2.54. The lowest BCUT2D eigenvalue weighted by atomic mass is 10.0. The topological polar surface area (TPSA) is 68.8 Å². The molecule has 0 radical (unpaired) electrons. The molecule has 1 saturated carbocycles. The van der Waals surface area contributed by atoms with E-state index in [9.17, 15) is 0 Å². The molecule has 2 aromatic rings. The van der Waals surface area contributed by atoms with E-state index in [-0.39, 0.29) is 0 Å². The van der Waals surface area contributed by atoms with Gasteiger partial charge in [0.15, 0.2) is 0 Å². The molecule has 1 fully saturated rings. The molecule has 3 rings (SSSR count). The third-order valence-corrected chi connectivity index (χ3v) is 4.13. The Labute approximate surface area is 119 Å². The van der Waals surface area contributed by atoms with Crippen molar-refractivity contribution in [1.82, 2.24) is 14.5 Å². The number of hydrogen-bond acceptors (Lipinski definition) is 4. The summed E-state index contributed by atoms with van der Waals surface area (Å²) in [5.74, 6) is 2.43. The summed E-state index contributed by atoms with van der Waals surface area (Å²) >= 11 is 0. The molecular formula is C15H21N5. The molecule has 2 atom stereocenters. The molecule has 3 N–H and O–H groups in total. The average molecular weight is 271 g/mol. The Morgan fingerprint density at radius 3 is 2.90 bits per heavy atom. The van der Waals surface area contributed by atoms with Gasteiger partial charge in [0.05, 0.1) is 11.9 Å². The molecule has 106 valence electrons. The van der Waals surface area contributed by atoms with Crippen molar-refractivity contribution in [2.75, 3.05) is 11.9 Å². The van der Waals surface area contributed by atoms with Crippen molar-refractivity contribution in [2.24, 2.45) is 11.7 Å². The van der Waals surface area contributed by atoms with E-state index in [4.69, 9.17) is 5.73 Å². The minimum absolute atomic E-state index is 0.489. The summed E-state index contributed by atoms with van der Waals surface area (Å²) in [5.41, 5.74) is 6.88. The maximum absolute atomic E-state index is 5.82. The van der Waals surface area contributed by atoms with E-state index in [2.05, 4.69) is 21.4 Å². The van der Waals surface area contributed by atoms with Crippen molar-refractivity contribution in [1.29, 1.82) is 0 Å². The smallest absolute Gasteiger partial charge is 0.138 e. The SMILES string of the molecule is Cc1nccn1-c1ccc(NC2CCCC2CN)cn1. The fourth-order valence-corrected chi connectivity index (χ4v) is 2.96. The van der Waals surface area contributed by atoms with Crippen LogP contribution in [0.5, 0.6) is 0 Å². The number of imidazole rings is 1. The quantitative estimate of drug-likeness (QED) is 0.893. The van der Waals surface area contributed by atoms with Gasteiger partial charge in [-0.2, -0.15) is 0 Å². The normalized spacial score (nSPS) is 22.1. The van der Waals surface area contributed by atoms with Gasteiger partial charge in [-0.15, -0.1) is 0 Å². The van der Waals surface area contributed by atoms with Gasteiger partial charge in [0.2, 0.25) is 0 Å². The Balaban J connectivity index is 1.72. The molecule has 2 heterocycles. The van der Waals surface area contributed by atoms with E-state index >= 15 is 0 Å². The van der Waals surface area contributed by atoms with Crippen molar-refractivity contribution in [2.45, 2.75) is 32.2 Å². The molecule has 5 heteroatoms. The summed E-state index contributed by atoms with van der Waals surface area (Å²) in [6, 6.07) is 4.58. The number of aromatic nitrogens is 3. The van der Waals surface area contributed by atoms with Crippen LogP contribution in [-0.4, -0.2) is 27.1 Å². The van der Waals surface area contributed by atoms with Crippen LogP contribution in [0.25, 0.3) is 5.82 Å². The standard InChI is InChI=1S/C15H21N5/c1-11-17-7-8-20(11)15-6-5-13(10-18-15)19-14-4-2-3-12(14)9-16/h5-8,10,12,14,19H,2-4,9,16H2,1H3. The predicted octanol–water partition coefficient (Wildman–Crippen LogP) is 2.12. The predicted molar refractivity (Wildman–Crippen MR) is 79.9 cm³/mol. The van der Waals surface area contributed by atoms with Crippen LogP contribution in [0.1, 0.15) is 25.1 Å². The highest BCUT2D eigenvalue weighted by Crippen LogP contribution is 2.27. The van der Waals surface area contributed by atoms with Gasteiger partial charge < -0.3 is 11.1 Å². The lowest BCUT2D eigenvalue weighted by molar-refractivity contribution is 0.516. The number of nitrogens with zero attached hydrogens (tertiary/aromatic N) is 3. The second kappa shape index (κ2) is 5.63. The van der Waals surface area contributed by atoms with Crippen LogP contribution in [0.15, 0.2) is 30.7 Å². The highest BCUT2D eigenvalue weighted by atomic mass is 15.1. The minimum atomic E-state index is 0.489. The number of pyridine rings is 1. The molecule has 0 spiro atoms.